The Labute approximate surface area is 123 Å². The summed E-state index contributed by atoms with van der Waals surface area (Å²) >= 11 is 1.94. The lowest BCUT2D eigenvalue weighted by Gasteiger charge is -2.15. The van der Waals surface area contributed by atoms with Crippen LogP contribution in [0.4, 0.5) is 5.95 Å². The van der Waals surface area contributed by atoms with E-state index in [1.807, 2.05) is 17.8 Å². The predicted octanol–water partition coefficient (Wildman–Crippen LogP) is 3.22. The molecule has 104 valence electrons. The van der Waals surface area contributed by atoms with Gasteiger partial charge >= 0.3 is 0 Å². The highest BCUT2D eigenvalue weighted by Gasteiger charge is 2.43. The van der Waals surface area contributed by atoms with Crippen molar-refractivity contribution >= 4 is 17.7 Å². The van der Waals surface area contributed by atoms with E-state index in [2.05, 4.69) is 39.6 Å². The van der Waals surface area contributed by atoms with E-state index in [1.165, 1.54) is 17.7 Å². The molecule has 4 nitrogen and oxygen atoms in total. The number of aromatic nitrogens is 2. The highest BCUT2D eigenvalue weighted by atomic mass is 32.2. The minimum atomic E-state index is 0.286. The summed E-state index contributed by atoms with van der Waals surface area (Å²) < 4.78 is 5.39. The van der Waals surface area contributed by atoms with Crippen LogP contribution < -0.4 is 10.1 Å². The fourth-order valence-electron chi connectivity index (χ4n) is 1.97. The minimum absolute atomic E-state index is 0.286. The smallest absolute Gasteiger partial charge is 0.225 e. The number of anilines is 1. The molecule has 0 atom stereocenters. The first-order chi connectivity index (χ1) is 9.80. The first-order valence-electron chi connectivity index (χ1n) is 6.65. The third-order valence-electron chi connectivity index (χ3n) is 3.29. The summed E-state index contributed by atoms with van der Waals surface area (Å²) in [6.45, 7) is 0.875. The average Bonchev–Trinajstić information content (AvgIpc) is 3.26. The maximum Gasteiger partial charge on any atom is 0.225 e. The van der Waals surface area contributed by atoms with Gasteiger partial charge in [-0.05, 0) is 25.0 Å². The summed E-state index contributed by atoms with van der Waals surface area (Å²) in [5.74, 6) is 1.22. The molecule has 3 rings (SSSR count). The van der Waals surface area contributed by atoms with E-state index in [-0.39, 0.29) is 4.75 Å². The molecule has 1 aliphatic carbocycles. The van der Waals surface area contributed by atoms with Crippen molar-refractivity contribution in [2.24, 2.45) is 0 Å². The van der Waals surface area contributed by atoms with Crippen molar-refractivity contribution < 1.29 is 4.74 Å². The van der Waals surface area contributed by atoms with Gasteiger partial charge in [0.2, 0.25) is 11.8 Å². The lowest BCUT2D eigenvalue weighted by Crippen LogP contribution is -2.19. The number of thioether (sulfide) groups is 1. The summed E-state index contributed by atoms with van der Waals surface area (Å²) in [7, 11) is 1.61. The summed E-state index contributed by atoms with van der Waals surface area (Å²) in [6.07, 6.45) is 4.16. The molecule has 0 amide bonds. The lowest BCUT2D eigenvalue weighted by atomic mass is 10.4. The Morgan fingerprint density at radius 2 is 2.05 bits per heavy atom. The van der Waals surface area contributed by atoms with Crippen molar-refractivity contribution in [3.63, 3.8) is 0 Å². The van der Waals surface area contributed by atoms with Crippen LogP contribution in [0.15, 0.2) is 47.5 Å². The Bertz CT molecular complexity index is 572. The van der Waals surface area contributed by atoms with Gasteiger partial charge in [0.15, 0.2) is 0 Å². The zero-order valence-electron chi connectivity index (χ0n) is 11.4. The van der Waals surface area contributed by atoms with Crippen molar-refractivity contribution in [1.29, 1.82) is 0 Å². The lowest BCUT2D eigenvalue weighted by molar-refractivity contribution is 0.397. The van der Waals surface area contributed by atoms with Crippen molar-refractivity contribution in [1.82, 2.24) is 9.97 Å². The second-order valence-electron chi connectivity index (χ2n) is 4.87. The third kappa shape index (κ3) is 3.22. The van der Waals surface area contributed by atoms with Gasteiger partial charge in [0, 0.05) is 28.5 Å². The number of nitrogens with zero attached hydrogens (tertiary/aromatic N) is 2. The molecule has 1 saturated carbocycles. The third-order valence-corrected chi connectivity index (χ3v) is 4.79. The minimum Gasteiger partial charge on any atom is -0.481 e. The first kappa shape index (κ1) is 13.2. The van der Waals surface area contributed by atoms with E-state index in [0.717, 1.165) is 6.54 Å². The van der Waals surface area contributed by atoms with Crippen LogP contribution in [0.25, 0.3) is 0 Å². The van der Waals surface area contributed by atoms with Crippen LogP contribution in [-0.2, 0) is 0 Å². The fourth-order valence-corrected chi connectivity index (χ4v) is 3.22. The van der Waals surface area contributed by atoms with Crippen molar-refractivity contribution in [3.8, 4) is 5.88 Å². The van der Waals surface area contributed by atoms with Gasteiger partial charge < -0.3 is 10.1 Å². The molecule has 1 heterocycles. The maximum absolute atomic E-state index is 5.10. The maximum atomic E-state index is 5.10. The topological polar surface area (TPSA) is 47.0 Å². The second kappa shape index (κ2) is 5.71. The van der Waals surface area contributed by atoms with Crippen LogP contribution >= 0.6 is 11.8 Å². The van der Waals surface area contributed by atoms with E-state index in [1.54, 1.807) is 19.4 Å². The fraction of sp³-hybridized carbons (Fsp3) is 0.333. The molecule has 1 aromatic heterocycles. The van der Waals surface area contributed by atoms with Crippen LogP contribution in [-0.4, -0.2) is 28.4 Å². The van der Waals surface area contributed by atoms with E-state index in [4.69, 9.17) is 4.74 Å². The zero-order chi connectivity index (χ0) is 13.8. The average molecular weight is 287 g/mol. The summed E-state index contributed by atoms with van der Waals surface area (Å²) in [5, 5.41) is 3.32. The molecule has 1 aliphatic rings. The summed E-state index contributed by atoms with van der Waals surface area (Å²) in [5.41, 5.74) is 0. The summed E-state index contributed by atoms with van der Waals surface area (Å²) in [4.78, 5) is 9.81. The Kier molecular flexibility index (Phi) is 3.78. The van der Waals surface area contributed by atoms with Gasteiger partial charge in [0.05, 0.1) is 7.11 Å². The van der Waals surface area contributed by atoms with Crippen LogP contribution in [0.5, 0.6) is 5.88 Å². The van der Waals surface area contributed by atoms with E-state index in [0.29, 0.717) is 11.8 Å². The number of rotatable bonds is 6. The Balaban J connectivity index is 1.60. The molecular formula is C15H17N3OS. The van der Waals surface area contributed by atoms with E-state index < -0.39 is 0 Å². The molecule has 0 aliphatic heterocycles. The van der Waals surface area contributed by atoms with Crippen LogP contribution in [0.2, 0.25) is 0 Å². The van der Waals surface area contributed by atoms with Gasteiger partial charge in [0.25, 0.3) is 0 Å². The van der Waals surface area contributed by atoms with Gasteiger partial charge in [-0.2, -0.15) is 4.98 Å². The van der Waals surface area contributed by atoms with Gasteiger partial charge in [0.1, 0.15) is 0 Å². The quantitative estimate of drug-likeness (QED) is 0.884. The molecule has 5 heteroatoms. The van der Waals surface area contributed by atoms with Gasteiger partial charge in [-0.25, -0.2) is 4.98 Å². The second-order valence-corrected chi connectivity index (χ2v) is 6.42. The van der Waals surface area contributed by atoms with E-state index in [9.17, 15) is 0 Å². The van der Waals surface area contributed by atoms with Crippen molar-refractivity contribution in [3.05, 3.63) is 42.6 Å². The molecule has 0 saturated heterocycles. The highest BCUT2D eigenvalue weighted by Crippen LogP contribution is 2.51. The zero-order valence-corrected chi connectivity index (χ0v) is 12.2. The largest absolute Gasteiger partial charge is 0.481 e. The van der Waals surface area contributed by atoms with Crippen LogP contribution in [0, 0.1) is 0 Å². The van der Waals surface area contributed by atoms with Gasteiger partial charge in [-0.15, -0.1) is 11.8 Å². The molecular weight excluding hydrogens is 270 g/mol. The predicted molar refractivity (Wildman–Crippen MR) is 81.3 cm³/mol. The Morgan fingerprint density at radius 1 is 1.25 bits per heavy atom. The van der Waals surface area contributed by atoms with E-state index >= 15 is 0 Å². The molecule has 1 fully saturated rings. The summed E-state index contributed by atoms with van der Waals surface area (Å²) in [6, 6.07) is 12.3. The van der Waals surface area contributed by atoms with Crippen molar-refractivity contribution in [2.45, 2.75) is 22.5 Å². The van der Waals surface area contributed by atoms with Crippen molar-refractivity contribution in [2.75, 3.05) is 19.0 Å². The highest BCUT2D eigenvalue weighted by molar-refractivity contribution is 8.01. The number of hydrogen-bond acceptors (Lipinski definition) is 5. The normalized spacial score (nSPS) is 15.7. The number of methoxy groups -OCH3 is 1. The standard InChI is InChI=1S/C15H17N3OS/c1-19-13-7-10-16-14(18-13)17-11-15(8-9-15)20-12-5-3-2-4-6-12/h2-7,10H,8-9,11H2,1H3,(H,16,17,18). The monoisotopic (exact) mass is 287 g/mol. The SMILES string of the molecule is COc1ccnc(NCC2(Sc3ccccc3)CC2)n1. The molecule has 0 unspecified atom stereocenters. The van der Waals surface area contributed by atoms with Crippen LogP contribution in [0.1, 0.15) is 12.8 Å². The van der Waals surface area contributed by atoms with Gasteiger partial charge in [-0.3, -0.25) is 0 Å². The van der Waals surface area contributed by atoms with Crippen LogP contribution in [0.3, 0.4) is 0 Å². The molecule has 0 spiro atoms. The Hall–Kier alpha value is -1.75. The molecule has 0 bridgehead atoms. The molecule has 20 heavy (non-hydrogen) atoms. The number of nitrogens with one attached hydrogen (secondary N) is 1. The molecule has 2 aromatic rings. The molecule has 1 aromatic carbocycles. The molecule has 0 radical (unpaired) electrons. The van der Waals surface area contributed by atoms with Gasteiger partial charge in [-0.1, -0.05) is 18.2 Å². The number of benzene rings is 1. The molecule has 1 N–H and O–H groups in total. The Morgan fingerprint density at radius 3 is 2.75 bits per heavy atom. The first-order valence-corrected chi connectivity index (χ1v) is 7.46. The number of hydrogen-bond donors (Lipinski definition) is 1. The number of ether oxygens (including phenoxy) is 1.